The number of pyridine rings is 1. The Morgan fingerprint density at radius 2 is 1.96 bits per heavy atom. The summed E-state index contributed by atoms with van der Waals surface area (Å²) in [5.74, 6) is 0.810. The molecule has 4 aromatic rings. The van der Waals surface area contributed by atoms with Crippen LogP contribution in [0, 0.1) is 0 Å². The van der Waals surface area contributed by atoms with Crippen molar-refractivity contribution < 1.29 is 5.11 Å². The highest BCUT2D eigenvalue weighted by molar-refractivity contribution is 5.68. The van der Waals surface area contributed by atoms with E-state index in [4.69, 9.17) is 4.98 Å². The van der Waals surface area contributed by atoms with E-state index in [0.717, 1.165) is 22.6 Å². The summed E-state index contributed by atoms with van der Waals surface area (Å²) < 4.78 is 1.73. The number of anilines is 1. The maximum atomic E-state index is 10.0. The standard InChI is InChI=1S/C20H19N5O/c1-14(26)17-13-23-25-19(22-12-15-6-5-9-21-11-15)10-18(24-20(17)25)16-7-3-2-4-8-16/h2-11,13-14,22,26H,12H2,1H3. The molecule has 6 nitrogen and oxygen atoms in total. The number of benzene rings is 1. The molecule has 1 atom stereocenters. The van der Waals surface area contributed by atoms with Crippen molar-refractivity contribution in [3.05, 3.63) is 78.2 Å². The van der Waals surface area contributed by atoms with Gasteiger partial charge in [0.2, 0.25) is 0 Å². The Kier molecular flexibility index (Phi) is 4.33. The second-order valence-corrected chi connectivity index (χ2v) is 6.12. The average molecular weight is 345 g/mol. The van der Waals surface area contributed by atoms with Gasteiger partial charge in [-0.25, -0.2) is 4.98 Å². The van der Waals surface area contributed by atoms with Crippen LogP contribution >= 0.6 is 0 Å². The van der Waals surface area contributed by atoms with Crippen molar-refractivity contribution in [2.24, 2.45) is 0 Å². The van der Waals surface area contributed by atoms with Crippen LogP contribution in [-0.4, -0.2) is 24.7 Å². The Labute approximate surface area is 151 Å². The number of hydrogen-bond donors (Lipinski definition) is 2. The van der Waals surface area contributed by atoms with Gasteiger partial charge in [-0.3, -0.25) is 4.98 Å². The molecule has 0 saturated heterocycles. The maximum Gasteiger partial charge on any atom is 0.163 e. The molecule has 0 spiro atoms. The van der Waals surface area contributed by atoms with Crippen molar-refractivity contribution in [2.75, 3.05) is 5.32 Å². The highest BCUT2D eigenvalue weighted by atomic mass is 16.3. The summed E-state index contributed by atoms with van der Waals surface area (Å²) >= 11 is 0. The van der Waals surface area contributed by atoms with Crippen LogP contribution in [-0.2, 0) is 6.54 Å². The predicted molar refractivity (Wildman–Crippen MR) is 101 cm³/mol. The number of hydrogen-bond acceptors (Lipinski definition) is 5. The first-order chi connectivity index (χ1) is 12.7. The second-order valence-electron chi connectivity index (χ2n) is 6.12. The fourth-order valence-corrected chi connectivity index (χ4v) is 2.85. The van der Waals surface area contributed by atoms with E-state index in [1.807, 2.05) is 54.7 Å². The van der Waals surface area contributed by atoms with E-state index >= 15 is 0 Å². The van der Waals surface area contributed by atoms with Gasteiger partial charge in [0.1, 0.15) is 5.82 Å². The van der Waals surface area contributed by atoms with Gasteiger partial charge in [0.15, 0.2) is 5.65 Å². The summed E-state index contributed by atoms with van der Waals surface area (Å²) in [6.45, 7) is 2.33. The lowest BCUT2D eigenvalue weighted by Crippen LogP contribution is -2.07. The average Bonchev–Trinajstić information content (AvgIpc) is 3.12. The van der Waals surface area contributed by atoms with Crippen molar-refractivity contribution in [1.29, 1.82) is 0 Å². The Hall–Kier alpha value is -3.25. The molecule has 1 aromatic carbocycles. The van der Waals surface area contributed by atoms with Crippen LogP contribution < -0.4 is 5.32 Å². The van der Waals surface area contributed by atoms with Crippen LogP contribution in [0.2, 0.25) is 0 Å². The zero-order chi connectivity index (χ0) is 17.9. The first-order valence-electron chi connectivity index (χ1n) is 8.47. The molecule has 3 heterocycles. The number of fused-ring (bicyclic) bond motifs is 1. The smallest absolute Gasteiger partial charge is 0.163 e. The van der Waals surface area contributed by atoms with E-state index in [1.165, 1.54) is 0 Å². The fraction of sp³-hybridized carbons (Fsp3) is 0.150. The van der Waals surface area contributed by atoms with E-state index < -0.39 is 6.10 Å². The number of rotatable bonds is 5. The zero-order valence-electron chi connectivity index (χ0n) is 14.4. The maximum absolute atomic E-state index is 10.0. The summed E-state index contributed by atoms with van der Waals surface area (Å²) in [6.07, 6.45) is 4.60. The van der Waals surface area contributed by atoms with Gasteiger partial charge in [-0.2, -0.15) is 9.61 Å². The SMILES string of the molecule is CC(O)c1cnn2c(NCc3cccnc3)cc(-c3ccccc3)nc12. The highest BCUT2D eigenvalue weighted by Gasteiger charge is 2.15. The minimum atomic E-state index is -0.641. The largest absolute Gasteiger partial charge is 0.389 e. The third-order valence-electron chi connectivity index (χ3n) is 4.22. The third-order valence-corrected chi connectivity index (χ3v) is 4.22. The topological polar surface area (TPSA) is 75.3 Å². The molecule has 1 unspecified atom stereocenters. The molecule has 0 saturated carbocycles. The summed E-state index contributed by atoms with van der Waals surface area (Å²) in [5, 5.41) is 17.9. The van der Waals surface area contributed by atoms with E-state index in [2.05, 4.69) is 15.4 Å². The number of aliphatic hydroxyl groups is 1. The van der Waals surface area contributed by atoms with Gasteiger partial charge < -0.3 is 10.4 Å². The number of nitrogens with one attached hydrogen (secondary N) is 1. The Morgan fingerprint density at radius 1 is 1.12 bits per heavy atom. The minimum Gasteiger partial charge on any atom is -0.389 e. The minimum absolute atomic E-state index is 0.616. The molecule has 0 radical (unpaired) electrons. The van der Waals surface area contributed by atoms with E-state index in [1.54, 1.807) is 23.8 Å². The van der Waals surface area contributed by atoms with Crippen LogP contribution in [0.4, 0.5) is 5.82 Å². The molecule has 0 aliphatic heterocycles. The zero-order valence-corrected chi connectivity index (χ0v) is 14.4. The van der Waals surface area contributed by atoms with Crippen molar-refractivity contribution in [2.45, 2.75) is 19.6 Å². The molecule has 0 aliphatic carbocycles. The molecule has 6 heteroatoms. The predicted octanol–water partition coefficient (Wildman–Crippen LogP) is 3.46. The molecule has 0 fully saturated rings. The Morgan fingerprint density at radius 3 is 2.69 bits per heavy atom. The van der Waals surface area contributed by atoms with E-state index in [-0.39, 0.29) is 0 Å². The van der Waals surface area contributed by atoms with Crippen molar-refractivity contribution in [1.82, 2.24) is 19.6 Å². The Balaban J connectivity index is 1.79. The van der Waals surface area contributed by atoms with Crippen molar-refractivity contribution in [3.63, 3.8) is 0 Å². The quantitative estimate of drug-likeness (QED) is 0.579. The normalized spacial score (nSPS) is 12.2. The van der Waals surface area contributed by atoms with Gasteiger partial charge in [0.25, 0.3) is 0 Å². The van der Waals surface area contributed by atoms with Crippen LogP contribution in [0.1, 0.15) is 24.2 Å². The number of aliphatic hydroxyl groups excluding tert-OH is 1. The lowest BCUT2D eigenvalue weighted by molar-refractivity contribution is 0.200. The van der Waals surface area contributed by atoms with Gasteiger partial charge in [-0.05, 0) is 18.6 Å². The van der Waals surface area contributed by atoms with Crippen LogP contribution in [0.15, 0.2) is 67.1 Å². The number of aromatic nitrogens is 4. The van der Waals surface area contributed by atoms with E-state index in [0.29, 0.717) is 17.8 Å². The molecule has 4 rings (SSSR count). The molecule has 26 heavy (non-hydrogen) atoms. The molecule has 0 bridgehead atoms. The summed E-state index contributed by atoms with van der Waals surface area (Å²) in [4.78, 5) is 8.87. The van der Waals surface area contributed by atoms with Crippen LogP contribution in [0.5, 0.6) is 0 Å². The van der Waals surface area contributed by atoms with Crippen LogP contribution in [0.3, 0.4) is 0 Å². The molecule has 0 amide bonds. The van der Waals surface area contributed by atoms with Crippen molar-refractivity contribution in [3.8, 4) is 11.3 Å². The first kappa shape index (κ1) is 16.2. The highest BCUT2D eigenvalue weighted by Crippen LogP contribution is 2.26. The van der Waals surface area contributed by atoms with Gasteiger partial charge >= 0.3 is 0 Å². The van der Waals surface area contributed by atoms with Gasteiger partial charge in [-0.1, -0.05) is 36.4 Å². The molecular weight excluding hydrogens is 326 g/mol. The lowest BCUT2D eigenvalue weighted by atomic mass is 10.1. The van der Waals surface area contributed by atoms with Crippen LogP contribution in [0.25, 0.3) is 16.9 Å². The molecule has 130 valence electrons. The third kappa shape index (κ3) is 3.14. The lowest BCUT2D eigenvalue weighted by Gasteiger charge is -2.12. The Bertz CT molecular complexity index is 1010. The number of nitrogens with zero attached hydrogens (tertiary/aromatic N) is 4. The molecule has 0 aliphatic rings. The van der Waals surface area contributed by atoms with E-state index in [9.17, 15) is 5.11 Å². The summed E-state index contributed by atoms with van der Waals surface area (Å²) in [7, 11) is 0. The molecular formula is C20H19N5O. The fourth-order valence-electron chi connectivity index (χ4n) is 2.85. The van der Waals surface area contributed by atoms with Gasteiger partial charge in [-0.15, -0.1) is 0 Å². The summed E-state index contributed by atoms with van der Waals surface area (Å²) in [5.41, 5.74) is 4.26. The van der Waals surface area contributed by atoms with Crippen molar-refractivity contribution >= 4 is 11.5 Å². The van der Waals surface area contributed by atoms with Gasteiger partial charge in [0.05, 0.1) is 18.0 Å². The first-order valence-corrected chi connectivity index (χ1v) is 8.47. The molecule has 3 aromatic heterocycles. The second kappa shape index (κ2) is 6.93. The summed E-state index contributed by atoms with van der Waals surface area (Å²) in [6, 6.07) is 15.9. The monoisotopic (exact) mass is 345 g/mol. The van der Waals surface area contributed by atoms with Gasteiger partial charge in [0, 0.05) is 36.1 Å². The molecule has 2 N–H and O–H groups in total.